The van der Waals surface area contributed by atoms with Gasteiger partial charge in [0.2, 0.25) is 0 Å². The normalized spacial score (nSPS) is 14.3. The molecule has 0 atom stereocenters. The van der Waals surface area contributed by atoms with Gasteiger partial charge in [0, 0.05) is 11.4 Å². The smallest absolute Gasteiger partial charge is 0.270 e. The zero-order chi connectivity index (χ0) is 15.8. The Bertz CT molecular complexity index is 867. The minimum Gasteiger partial charge on any atom is -0.431 e. The number of amides is 1. The molecule has 0 radical (unpaired) electrons. The highest BCUT2D eigenvalue weighted by atomic mass is 32.2. The first-order chi connectivity index (χ1) is 11.2. The van der Waals surface area contributed by atoms with Crippen LogP contribution < -0.4 is 5.32 Å². The molecule has 1 aromatic carbocycles. The van der Waals surface area contributed by atoms with E-state index in [1.807, 2.05) is 30.5 Å². The first-order valence-corrected chi connectivity index (χ1v) is 9.29. The Morgan fingerprint density at radius 2 is 2.30 bits per heavy atom. The third kappa shape index (κ3) is 3.40. The van der Waals surface area contributed by atoms with Crippen molar-refractivity contribution >= 4 is 40.1 Å². The van der Waals surface area contributed by atoms with E-state index in [1.54, 1.807) is 0 Å². The molecule has 0 aliphatic heterocycles. The fraction of sp³-hybridized carbons (Fsp3) is 0.312. The quantitative estimate of drug-likeness (QED) is 0.713. The van der Waals surface area contributed by atoms with Crippen LogP contribution in [0.3, 0.4) is 0 Å². The maximum Gasteiger partial charge on any atom is 0.270 e. The lowest BCUT2D eigenvalue weighted by atomic mass is 10.2. The van der Waals surface area contributed by atoms with E-state index in [1.165, 1.54) is 23.1 Å². The Kier molecular flexibility index (Phi) is 3.82. The Labute approximate surface area is 141 Å². The summed E-state index contributed by atoms with van der Waals surface area (Å²) in [6.07, 6.45) is 2.16. The number of benzene rings is 1. The molecule has 0 unspecified atom stereocenters. The van der Waals surface area contributed by atoms with E-state index >= 15 is 0 Å². The lowest BCUT2D eigenvalue weighted by Crippen LogP contribution is -2.25. The fourth-order valence-corrected chi connectivity index (χ4v) is 3.80. The number of rotatable bonds is 5. The summed E-state index contributed by atoms with van der Waals surface area (Å²) in [6, 6.07) is 6.30. The number of fused-ring (bicyclic) bond motifs is 1. The van der Waals surface area contributed by atoms with E-state index in [9.17, 15) is 4.79 Å². The van der Waals surface area contributed by atoms with Crippen LogP contribution in [0.15, 0.2) is 33.2 Å². The lowest BCUT2D eigenvalue weighted by Gasteiger charge is -1.98. The van der Waals surface area contributed by atoms with E-state index < -0.39 is 0 Å². The average Bonchev–Trinajstić information content (AvgIpc) is 3.07. The molecule has 5 nitrogen and oxygen atoms in total. The van der Waals surface area contributed by atoms with Gasteiger partial charge in [-0.25, -0.2) is 9.97 Å². The maximum atomic E-state index is 11.9. The number of carbonyl (C=O) groups excluding carboxylic acids is 1. The van der Waals surface area contributed by atoms with Crippen LogP contribution in [0.2, 0.25) is 0 Å². The van der Waals surface area contributed by atoms with Crippen molar-refractivity contribution in [3.63, 3.8) is 0 Å². The molecule has 118 valence electrons. The Morgan fingerprint density at radius 3 is 3.13 bits per heavy atom. The monoisotopic (exact) mass is 345 g/mol. The van der Waals surface area contributed by atoms with Crippen molar-refractivity contribution in [2.45, 2.75) is 36.8 Å². The standard InChI is InChI=1S/C16H15N3O2S2/c1-9-2-5-13-11(6-9)19-16(21-13)23-8-14-18-12(7-22-14)15(20)17-10-3-4-10/h2,5-7,10H,3-4,8H2,1H3,(H,17,20). The number of oxazole rings is 1. The van der Waals surface area contributed by atoms with E-state index in [0.717, 1.165) is 34.5 Å². The second-order valence-electron chi connectivity index (χ2n) is 5.61. The summed E-state index contributed by atoms with van der Waals surface area (Å²) in [4.78, 5) is 20.8. The zero-order valence-electron chi connectivity index (χ0n) is 12.5. The van der Waals surface area contributed by atoms with Crippen LogP contribution in [-0.4, -0.2) is 21.9 Å². The minimum atomic E-state index is -0.0719. The van der Waals surface area contributed by atoms with Crippen molar-refractivity contribution in [2.24, 2.45) is 0 Å². The average molecular weight is 345 g/mol. The summed E-state index contributed by atoms with van der Waals surface area (Å²) >= 11 is 2.99. The molecule has 0 saturated heterocycles. The zero-order valence-corrected chi connectivity index (χ0v) is 14.2. The maximum absolute atomic E-state index is 11.9. The van der Waals surface area contributed by atoms with Gasteiger partial charge in [-0.1, -0.05) is 17.8 Å². The first kappa shape index (κ1) is 14.7. The number of nitrogens with zero attached hydrogens (tertiary/aromatic N) is 2. The van der Waals surface area contributed by atoms with Crippen LogP contribution in [0.1, 0.15) is 33.9 Å². The van der Waals surface area contributed by atoms with Gasteiger partial charge in [-0.05, 0) is 37.5 Å². The highest BCUT2D eigenvalue weighted by Gasteiger charge is 2.24. The molecule has 1 aliphatic carbocycles. The summed E-state index contributed by atoms with van der Waals surface area (Å²) in [5.41, 5.74) is 3.33. The van der Waals surface area contributed by atoms with Gasteiger partial charge in [-0.15, -0.1) is 11.3 Å². The number of hydrogen-bond acceptors (Lipinski definition) is 6. The second kappa shape index (κ2) is 5.98. The lowest BCUT2D eigenvalue weighted by molar-refractivity contribution is 0.0946. The molecular weight excluding hydrogens is 330 g/mol. The van der Waals surface area contributed by atoms with Crippen molar-refractivity contribution in [1.29, 1.82) is 0 Å². The first-order valence-electron chi connectivity index (χ1n) is 7.42. The van der Waals surface area contributed by atoms with E-state index in [0.29, 0.717) is 22.7 Å². The number of thiazole rings is 1. The van der Waals surface area contributed by atoms with Gasteiger partial charge in [0.05, 0.1) is 5.75 Å². The molecule has 1 saturated carbocycles. The molecule has 1 fully saturated rings. The number of aryl methyl sites for hydroxylation is 1. The van der Waals surface area contributed by atoms with Crippen molar-refractivity contribution in [3.05, 3.63) is 39.8 Å². The van der Waals surface area contributed by atoms with Gasteiger partial charge < -0.3 is 9.73 Å². The van der Waals surface area contributed by atoms with Crippen LogP contribution in [-0.2, 0) is 5.75 Å². The molecule has 1 N–H and O–H groups in total. The van der Waals surface area contributed by atoms with Gasteiger partial charge in [0.15, 0.2) is 5.58 Å². The molecule has 1 amide bonds. The summed E-state index contributed by atoms with van der Waals surface area (Å²) < 4.78 is 5.71. The van der Waals surface area contributed by atoms with Crippen LogP contribution in [0, 0.1) is 6.92 Å². The second-order valence-corrected chi connectivity index (χ2v) is 7.48. The van der Waals surface area contributed by atoms with Gasteiger partial charge >= 0.3 is 0 Å². The highest BCUT2D eigenvalue weighted by molar-refractivity contribution is 7.98. The number of thioether (sulfide) groups is 1. The largest absolute Gasteiger partial charge is 0.431 e. The topological polar surface area (TPSA) is 68.0 Å². The summed E-state index contributed by atoms with van der Waals surface area (Å²) in [5, 5.41) is 6.28. The van der Waals surface area contributed by atoms with E-state index in [4.69, 9.17) is 4.42 Å². The SMILES string of the molecule is Cc1ccc2oc(SCc3nc(C(=O)NC4CC4)cs3)nc2c1. The Balaban J connectivity index is 1.41. The minimum absolute atomic E-state index is 0.0719. The molecule has 2 aromatic heterocycles. The third-order valence-corrected chi connectivity index (χ3v) is 5.41. The number of hydrogen-bond donors (Lipinski definition) is 1. The molecule has 0 spiro atoms. The molecule has 3 aromatic rings. The van der Waals surface area contributed by atoms with Gasteiger partial charge in [-0.3, -0.25) is 4.79 Å². The van der Waals surface area contributed by atoms with Gasteiger partial charge in [0.1, 0.15) is 16.2 Å². The molecule has 2 heterocycles. The fourth-order valence-electron chi connectivity index (χ4n) is 2.17. The number of aromatic nitrogens is 2. The predicted molar refractivity (Wildman–Crippen MR) is 90.9 cm³/mol. The Hall–Kier alpha value is -1.86. The van der Waals surface area contributed by atoms with Crippen molar-refractivity contribution < 1.29 is 9.21 Å². The predicted octanol–water partition coefficient (Wildman–Crippen LogP) is 3.78. The number of nitrogens with one attached hydrogen (secondary N) is 1. The summed E-state index contributed by atoms with van der Waals surface area (Å²) in [6.45, 7) is 2.03. The van der Waals surface area contributed by atoms with Gasteiger partial charge in [0.25, 0.3) is 11.1 Å². The summed E-state index contributed by atoms with van der Waals surface area (Å²) in [5.74, 6) is 0.574. The molecule has 0 bridgehead atoms. The van der Waals surface area contributed by atoms with Crippen molar-refractivity contribution in [2.75, 3.05) is 0 Å². The number of carbonyl (C=O) groups is 1. The molecule has 4 rings (SSSR count). The highest BCUT2D eigenvalue weighted by Crippen LogP contribution is 2.28. The van der Waals surface area contributed by atoms with Gasteiger partial charge in [-0.2, -0.15) is 0 Å². The third-order valence-electron chi connectivity index (χ3n) is 3.54. The molecule has 23 heavy (non-hydrogen) atoms. The molecular formula is C16H15N3O2S2. The van der Waals surface area contributed by atoms with Crippen LogP contribution in [0.4, 0.5) is 0 Å². The van der Waals surface area contributed by atoms with Crippen LogP contribution >= 0.6 is 23.1 Å². The van der Waals surface area contributed by atoms with Crippen molar-refractivity contribution in [3.8, 4) is 0 Å². The molecule has 7 heteroatoms. The molecule has 1 aliphatic rings. The summed E-state index contributed by atoms with van der Waals surface area (Å²) in [7, 11) is 0. The van der Waals surface area contributed by atoms with E-state index in [-0.39, 0.29) is 5.91 Å². The Morgan fingerprint density at radius 1 is 1.43 bits per heavy atom. The van der Waals surface area contributed by atoms with Crippen molar-refractivity contribution in [1.82, 2.24) is 15.3 Å². The van der Waals surface area contributed by atoms with E-state index in [2.05, 4.69) is 15.3 Å². The van der Waals surface area contributed by atoms with Crippen LogP contribution in [0.25, 0.3) is 11.1 Å². The van der Waals surface area contributed by atoms with Crippen LogP contribution in [0.5, 0.6) is 0 Å².